The van der Waals surface area contributed by atoms with Crippen LogP contribution in [-0.4, -0.2) is 26.2 Å². The molecule has 0 spiro atoms. The Balaban J connectivity index is 1.58. The molecule has 1 aromatic carbocycles. The minimum absolute atomic E-state index is 0.517. The molecule has 3 fully saturated rings. The second kappa shape index (κ2) is 3.49. The lowest BCUT2D eigenvalue weighted by Crippen LogP contribution is -2.20. The van der Waals surface area contributed by atoms with E-state index < -0.39 is 0 Å². The van der Waals surface area contributed by atoms with Crippen molar-refractivity contribution < 1.29 is 0 Å². The van der Waals surface area contributed by atoms with Crippen LogP contribution in [-0.2, 0) is 5.41 Å². The molecule has 1 aromatic rings. The minimum Gasteiger partial charge on any atom is -0.372 e. The molecule has 2 heteroatoms. The van der Waals surface area contributed by atoms with Gasteiger partial charge in [0, 0.05) is 30.7 Å². The van der Waals surface area contributed by atoms with Gasteiger partial charge in [-0.25, -0.2) is 0 Å². The van der Waals surface area contributed by atoms with E-state index in [1.807, 2.05) is 0 Å². The Morgan fingerprint density at radius 3 is 2.47 bits per heavy atom. The van der Waals surface area contributed by atoms with Gasteiger partial charge in [-0.15, -0.1) is 0 Å². The first-order valence-corrected chi connectivity index (χ1v) is 6.95. The van der Waals surface area contributed by atoms with E-state index in [1.54, 1.807) is 5.56 Å². The van der Waals surface area contributed by atoms with Gasteiger partial charge in [0.2, 0.25) is 0 Å². The number of nitrogens with zero attached hydrogens (tertiary/aromatic N) is 1. The summed E-state index contributed by atoms with van der Waals surface area (Å²) in [6, 6.07) is 9.42. The third-order valence-electron chi connectivity index (χ3n) is 4.98. The van der Waals surface area contributed by atoms with E-state index in [0.717, 1.165) is 5.92 Å². The molecule has 0 unspecified atom stereocenters. The smallest absolute Gasteiger partial charge is 0.0366 e. The summed E-state index contributed by atoms with van der Waals surface area (Å²) in [6.45, 7) is 4.91. The van der Waals surface area contributed by atoms with Crippen molar-refractivity contribution in [3.05, 3.63) is 29.8 Å². The Morgan fingerprint density at radius 1 is 1.12 bits per heavy atom. The van der Waals surface area contributed by atoms with Crippen molar-refractivity contribution in [1.29, 1.82) is 0 Å². The van der Waals surface area contributed by atoms with Crippen LogP contribution in [0.15, 0.2) is 24.3 Å². The number of benzene rings is 1. The summed E-state index contributed by atoms with van der Waals surface area (Å²) in [4.78, 5) is 2.51. The Kier molecular flexibility index (Phi) is 2.04. The number of rotatable bonds is 2. The van der Waals surface area contributed by atoms with Crippen molar-refractivity contribution in [3.8, 4) is 0 Å². The van der Waals surface area contributed by atoms with Crippen LogP contribution in [0.4, 0.5) is 5.69 Å². The van der Waals surface area contributed by atoms with Gasteiger partial charge in [0.25, 0.3) is 0 Å². The van der Waals surface area contributed by atoms with Crippen LogP contribution in [0.2, 0.25) is 0 Å². The lowest BCUT2D eigenvalue weighted by Gasteiger charge is -2.19. The zero-order valence-corrected chi connectivity index (χ0v) is 10.3. The number of anilines is 1. The van der Waals surface area contributed by atoms with Gasteiger partial charge in [0.1, 0.15) is 0 Å². The lowest BCUT2D eigenvalue weighted by atomic mass is 9.95. The van der Waals surface area contributed by atoms with Crippen molar-refractivity contribution in [2.75, 3.05) is 31.1 Å². The molecule has 4 rings (SSSR count). The van der Waals surface area contributed by atoms with Gasteiger partial charge < -0.3 is 10.2 Å². The number of piperidine rings is 1. The van der Waals surface area contributed by atoms with E-state index in [1.165, 1.54) is 51.1 Å². The number of hydrogen-bond acceptors (Lipinski definition) is 2. The first kappa shape index (κ1) is 9.95. The summed E-state index contributed by atoms with van der Waals surface area (Å²) in [5, 5.41) is 3.52. The topological polar surface area (TPSA) is 15.3 Å². The molecule has 0 bridgehead atoms. The Bertz CT molecular complexity index is 419. The molecular weight excluding hydrogens is 208 g/mol. The van der Waals surface area contributed by atoms with Crippen LogP contribution in [0.25, 0.3) is 0 Å². The first-order chi connectivity index (χ1) is 8.38. The van der Waals surface area contributed by atoms with Gasteiger partial charge in [-0.1, -0.05) is 12.1 Å². The second-order valence-corrected chi connectivity index (χ2v) is 5.93. The molecular formula is C15H20N2. The fraction of sp³-hybridized carbons (Fsp3) is 0.600. The average Bonchev–Trinajstić information content (AvgIpc) is 2.81. The van der Waals surface area contributed by atoms with E-state index >= 15 is 0 Å². The third-order valence-corrected chi connectivity index (χ3v) is 4.98. The fourth-order valence-electron chi connectivity index (χ4n) is 3.77. The highest BCUT2D eigenvalue weighted by atomic mass is 15.1. The van der Waals surface area contributed by atoms with Gasteiger partial charge >= 0.3 is 0 Å². The molecule has 0 radical (unpaired) electrons. The van der Waals surface area contributed by atoms with E-state index in [2.05, 4.69) is 34.5 Å². The molecule has 3 aliphatic rings. The molecule has 0 aromatic heterocycles. The molecule has 1 N–H and O–H groups in total. The molecule has 17 heavy (non-hydrogen) atoms. The van der Waals surface area contributed by atoms with Crippen LogP contribution in [0.5, 0.6) is 0 Å². The lowest BCUT2D eigenvalue weighted by molar-refractivity contribution is 0.675. The zero-order valence-electron chi connectivity index (χ0n) is 10.3. The summed E-state index contributed by atoms with van der Waals surface area (Å²) in [6.07, 6.45) is 4.12. The predicted octanol–water partition coefficient (Wildman–Crippen LogP) is 2.15. The highest BCUT2D eigenvalue weighted by Gasteiger charge is 2.57. The van der Waals surface area contributed by atoms with Crippen molar-refractivity contribution >= 4 is 5.69 Å². The largest absolute Gasteiger partial charge is 0.372 e. The van der Waals surface area contributed by atoms with Crippen LogP contribution >= 0.6 is 0 Å². The summed E-state index contributed by atoms with van der Waals surface area (Å²) in [5.74, 6) is 0.917. The Labute approximate surface area is 103 Å². The summed E-state index contributed by atoms with van der Waals surface area (Å²) < 4.78 is 0. The second-order valence-electron chi connectivity index (χ2n) is 5.93. The summed E-state index contributed by atoms with van der Waals surface area (Å²) in [5.41, 5.74) is 3.50. The van der Waals surface area contributed by atoms with Crippen molar-refractivity contribution in [3.63, 3.8) is 0 Å². The van der Waals surface area contributed by atoms with Gasteiger partial charge in [0.15, 0.2) is 0 Å². The first-order valence-electron chi connectivity index (χ1n) is 6.95. The van der Waals surface area contributed by atoms with Gasteiger partial charge in [-0.05, 0) is 49.4 Å². The van der Waals surface area contributed by atoms with Crippen LogP contribution in [0.1, 0.15) is 24.8 Å². The molecule has 2 aliphatic heterocycles. The molecule has 2 nitrogen and oxygen atoms in total. The highest BCUT2D eigenvalue weighted by molar-refractivity contribution is 5.51. The van der Waals surface area contributed by atoms with Gasteiger partial charge in [0.05, 0.1) is 0 Å². The predicted molar refractivity (Wildman–Crippen MR) is 70.5 cm³/mol. The highest BCUT2D eigenvalue weighted by Crippen LogP contribution is 2.56. The standard InChI is InChI=1S/C15H20N2/c1-2-8-17(7-1)14-5-3-12(4-6-14)15-9-13(15)10-16-11-15/h3-6,13,16H,1-2,7-11H2/t13-,15+/m1/s1. The molecule has 1 aliphatic carbocycles. The molecule has 2 saturated heterocycles. The maximum absolute atomic E-state index is 3.52. The van der Waals surface area contributed by atoms with Crippen molar-refractivity contribution in [2.24, 2.45) is 5.92 Å². The monoisotopic (exact) mass is 228 g/mol. The van der Waals surface area contributed by atoms with Crippen LogP contribution in [0.3, 0.4) is 0 Å². The van der Waals surface area contributed by atoms with E-state index in [-0.39, 0.29) is 0 Å². The molecule has 1 saturated carbocycles. The number of fused-ring (bicyclic) bond motifs is 1. The quantitative estimate of drug-likeness (QED) is 0.834. The molecule has 2 heterocycles. The van der Waals surface area contributed by atoms with E-state index in [4.69, 9.17) is 0 Å². The summed E-state index contributed by atoms with van der Waals surface area (Å²) in [7, 11) is 0. The maximum Gasteiger partial charge on any atom is 0.0366 e. The minimum atomic E-state index is 0.517. The Morgan fingerprint density at radius 2 is 1.88 bits per heavy atom. The molecule has 2 atom stereocenters. The maximum atomic E-state index is 3.52. The zero-order chi connectivity index (χ0) is 11.3. The summed E-state index contributed by atoms with van der Waals surface area (Å²) >= 11 is 0. The SMILES string of the molecule is c1cc([C@]23CNC[C@H]2C3)ccc1N1CCCC1. The average molecular weight is 228 g/mol. The fourth-order valence-corrected chi connectivity index (χ4v) is 3.77. The van der Waals surface area contributed by atoms with E-state index in [9.17, 15) is 0 Å². The third kappa shape index (κ3) is 1.43. The Hall–Kier alpha value is -1.02. The number of hydrogen-bond donors (Lipinski definition) is 1. The molecule has 90 valence electrons. The van der Waals surface area contributed by atoms with E-state index in [0.29, 0.717) is 5.41 Å². The van der Waals surface area contributed by atoms with Gasteiger partial charge in [-0.3, -0.25) is 0 Å². The molecule has 0 amide bonds. The van der Waals surface area contributed by atoms with Gasteiger partial charge in [-0.2, -0.15) is 0 Å². The number of nitrogens with one attached hydrogen (secondary N) is 1. The van der Waals surface area contributed by atoms with Crippen LogP contribution < -0.4 is 10.2 Å². The van der Waals surface area contributed by atoms with Crippen molar-refractivity contribution in [2.45, 2.75) is 24.7 Å². The normalized spacial score (nSPS) is 35.1. The van der Waals surface area contributed by atoms with Crippen molar-refractivity contribution in [1.82, 2.24) is 5.32 Å². The van der Waals surface area contributed by atoms with Crippen LogP contribution in [0, 0.1) is 5.92 Å².